The van der Waals surface area contributed by atoms with E-state index in [0.717, 1.165) is 23.3 Å². The lowest BCUT2D eigenvalue weighted by Crippen LogP contribution is -2.15. The summed E-state index contributed by atoms with van der Waals surface area (Å²) in [6.45, 7) is 0. The fraction of sp³-hybridized carbons (Fsp3) is 0.0400. The highest BCUT2D eigenvalue weighted by Gasteiger charge is 2.22. The normalized spacial score (nSPS) is 11.4. The summed E-state index contributed by atoms with van der Waals surface area (Å²) < 4.78 is 60.9. The van der Waals surface area contributed by atoms with Crippen molar-refractivity contribution in [3.63, 3.8) is 0 Å². The Morgan fingerprint density at radius 3 is 2.49 bits per heavy atom. The molecular formula is C25H18F2N6O3S. The zero-order chi connectivity index (χ0) is 26.2. The summed E-state index contributed by atoms with van der Waals surface area (Å²) in [6, 6.07) is 12.7. The summed E-state index contributed by atoms with van der Waals surface area (Å²) in [4.78, 5) is 7.89. The molecule has 0 fully saturated rings. The maximum Gasteiger partial charge on any atom is 0.264 e. The van der Waals surface area contributed by atoms with Crippen LogP contribution in [0.25, 0.3) is 33.2 Å². The molecule has 0 aliphatic rings. The number of halogens is 2. The molecule has 0 aliphatic carbocycles. The fourth-order valence-electron chi connectivity index (χ4n) is 3.85. The van der Waals surface area contributed by atoms with Gasteiger partial charge in [0.25, 0.3) is 10.0 Å². The van der Waals surface area contributed by atoms with Crippen LogP contribution in [0.1, 0.15) is 0 Å². The van der Waals surface area contributed by atoms with Crippen LogP contribution in [-0.4, -0.2) is 35.7 Å². The second-order valence-electron chi connectivity index (χ2n) is 7.92. The van der Waals surface area contributed by atoms with Gasteiger partial charge in [-0.1, -0.05) is 6.07 Å². The number of aromatic nitrogens is 4. The predicted molar refractivity (Wildman–Crippen MR) is 134 cm³/mol. The van der Waals surface area contributed by atoms with Gasteiger partial charge in [-0.15, -0.1) is 0 Å². The zero-order valence-electron chi connectivity index (χ0n) is 19.2. The summed E-state index contributed by atoms with van der Waals surface area (Å²) >= 11 is 0. The molecular weight excluding hydrogens is 502 g/mol. The molecule has 0 aliphatic heterocycles. The molecule has 0 bridgehead atoms. The largest absolute Gasteiger partial charge is 0.480 e. The van der Waals surface area contributed by atoms with E-state index in [2.05, 4.69) is 24.9 Å². The Morgan fingerprint density at radius 1 is 0.919 bits per heavy atom. The first-order chi connectivity index (χ1) is 17.7. The topological polar surface area (TPSA) is 133 Å². The van der Waals surface area contributed by atoms with E-state index in [9.17, 15) is 17.2 Å². The van der Waals surface area contributed by atoms with Gasteiger partial charge in [0.05, 0.1) is 25.0 Å². The number of hydrogen-bond acceptors (Lipinski definition) is 8. The number of pyridine rings is 2. The molecule has 3 N–H and O–H groups in total. The third-order valence-electron chi connectivity index (χ3n) is 5.53. The number of anilines is 2. The molecule has 3 heterocycles. The summed E-state index contributed by atoms with van der Waals surface area (Å²) in [6.07, 6.45) is 4.70. The fourth-order valence-corrected chi connectivity index (χ4v) is 4.96. The number of ether oxygens (including phenoxy) is 1. The molecule has 0 saturated heterocycles. The summed E-state index contributed by atoms with van der Waals surface area (Å²) in [5.41, 5.74) is 9.40. The van der Waals surface area contributed by atoms with Gasteiger partial charge >= 0.3 is 0 Å². The van der Waals surface area contributed by atoms with Crippen LogP contribution in [0, 0.1) is 11.6 Å². The summed E-state index contributed by atoms with van der Waals surface area (Å²) in [5, 5.41) is 8.43. The van der Waals surface area contributed by atoms with E-state index >= 15 is 0 Å². The number of nitrogens with one attached hydrogen (secondary N) is 1. The average molecular weight is 521 g/mol. The van der Waals surface area contributed by atoms with E-state index in [-0.39, 0.29) is 17.4 Å². The zero-order valence-corrected chi connectivity index (χ0v) is 20.0. The number of nitrogens with zero attached hydrogens (tertiary/aromatic N) is 4. The van der Waals surface area contributed by atoms with Gasteiger partial charge < -0.3 is 10.5 Å². The first-order valence-electron chi connectivity index (χ1n) is 10.7. The lowest BCUT2D eigenvalue weighted by molar-refractivity contribution is 0.400. The van der Waals surface area contributed by atoms with E-state index in [1.54, 1.807) is 18.5 Å². The Balaban J connectivity index is 1.63. The van der Waals surface area contributed by atoms with Crippen molar-refractivity contribution in [2.75, 3.05) is 17.6 Å². The van der Waals surface area contributed by atoms with Crippen molar-refractivity contribution < 1.29 is 21.9 Å². The Bertz CT molecular complexity index is 1750. The number of fused-ring (bicyclic) bond motifs is 1. The molecule has 0 unspecified atom stereocenters. The van der Waals surface area contributed by atoms with Crippen molar-refractivity contribution in [3.05, 3.63) is 84.8 Å². The Hall–Kier alpha value is -4.71. The van der Waals surface area contributed by atoms with E-state index in [0.29, 0.717) is 28.1 Å². The van der Waals surface area contributed by atoms with Crippen LogP contribution in [-0.2, 0) is 10.0 Å². The predicted octanol–water partition coefficient (Wildman–Crippen LogP) is 4.42. The van der Waals surface area contributed by atoms with Gasteiger partial charge in [-0.05, 0) is 53.6 Å². The van der Waals surface area contributed by atoms with Gasteiger partial charge in [-0.2, -0.15) is 10.2 Å². The molecule has 0 amide bonds. The average Bonchev–Trinajstić information content (AvgIpc) is 2.88. The van der Waals surface area contributed by atoms with E-state index in [4.69, 9.17) is 10.5 Å². The monoisotopic (exact) mass is 520 g/mol. The number of nitrogen functional groups attached to an aromatic ring is 1. The van der Waals surface area contributed by atoms with Crippen molar-refractivity contribution >= 4 is 32.4 Å². The van der Waals surface area contributed by atoms with Gasteiger partial charge in [0.1, 0.15) is 28.0 Å². The molecule has 0 spiro atoms. The molecule has 0 atom stereocenters. The second-order valence-corrected chi connectivity index (χ2v) is 9.57. The highest BCUT2D eigenvalue weighted by Crippen LogP contribution is 2.36. The second kappa shape index (κ2) is 9.39. The number of sulfonamides is 1. The lowest BCUT2D eigenvalue weighted by Gasteiger charge is -2.14. The molecule has 186 valence electrons. The quantitative estimate of drug-likeness (QED) is 0.336. The number of hydrogen-bond donors (Lipinski definition) is 2. The van der Waals surface area contributed by atoms with Crippen LogP contribution in [0.4, 0.5) is 20.3 Å². The van der Waals surface area contributed by atoms with Crippen LogP contribution in [0.3, 0.4) is 0 Å². The van der Waals surface area contributed by atoms with Crippen LogP contribution in [0.5, 0.6) is 5.88 Å². The molecule has 0 saturated carbocycles. The van der Waals surface area contributed by atoms with Crippen LogP contribution in [0.2, 0.25) is 0 Å². The van der Waals surface area contributed by atoms with Crippen molar-refractivity contribution in [1.82, 2.24) is 20.2 Å². The number of methoxy groups -OCH3 is 1. The minimum atomic E-state index is -4.45. The van der Waals surface area contributed by atoms with Crippen LogP contribution < -0.4 is 15.2 Å². The minimum absolute atomic E-state index is 0.0512. The van der Waals surface area contributed by atoms with Gasteiger partial charge in [0.2, 0.25) is 5.88 Å². The van der Waals surface area contributed by atoms with Crippen LogP contribution in [0.15, 0.2) is 78.1 Å². The molecule has 37 heavy (non-hydrogen) atoms. The van der Waals surface area contributed by atoms with Gasteiger partial charge in [0, 0.05) is 28.8 Å². The number of benzene rings is 2. The number of nitrogens with two attached hydrogens (primary N) is 1. The molecule has 12 heteroatoms. The highest BCUT2D eigenvalue weighted by molar-refractivity contribution is 7.92. The van der Waals surface area contributed by atoms with Gasteiger partial charge in [0.15, 0.2) is 0 Å². The van der Waals surface area contributed by atoms with Gasteiger partial charge in [-0.25, -0.2) is 27.2 Å². The van der Waals surface area contributed by atoms with Crippen molar-refractivity contribution in [2.24, 2.45) is 0 Å². The van der Waals surface area contributed by atoms with E-state index in [1.807, 2.05) is 24.3 Å². The molecule has 2 aromatic carbocycles. The Kier molecular flexibility index (Phi) is 6.09. The third-order valence-corrected chi connectivity index (χ3v) is 6.93. The minimum Gasteiger partial charge on any atom is -0.480 e. The molecule has 9 nitrogen and oxygen atoms in total. The number of rotatable bonds is 6. The van der Waals surface area contributed by atoms with Crippen molar-refractivity contribution in [3.8, 4) is 28.1 Å². The summed E-state index contributed by atoms with van der Waals surface area (Å²) in [7, 11) is -3.13. The maximum absolute atomic E-state index is 14.2. The highest BCUT2D eigenvalue weighted by atomic mass is 32.2. The third kappa shape index (κ3) is 4.74. The Morgan fingerprint density at radius 2 is 1.76 bits per heavy atom. The smallest absolute Gasteiger partial charge is 0.264 e. The first-order valence-corrected chi connectivity index (χ1v) is 12.2. The SMILES string of the molecule is COc1ncc(-c2cc(N)nc3ccc(-c4ccnnc4)cc23)cc1NS(=O)(=O)c1ccc(F)cc1F. The molecule has 3 aromatic heterocycles. The maximum atomic E-state index is 14.2. The standard InChI is InChI=1S/C25H18F2N6O3S/c1-36-25-22(33-37(34,35)23-5-3-17(26)10-20(23)27)9-16(12-29-25)18-11-24(28)32-21-4-2-14(8-19(18)21)15-6-7-30-31-13-15/h2-13,33H,1H3,(H2,28,32). The lowest BCUT2D eigenvalue weighted by atomic mass is 9.98. The van der Waals surface area contributed by atoms with Crippen molar-refractivity contribution in [1.29, 1.82) is 0 Å². The van der Waals surface area contributed by atoms with E-state index < -0.39 is 26.6 Å². The molecule has 0 radical (unpaired) electrons. The van der Waals surface area contributed by atoms with E-state index in [1.165, 1.54) is 19.4 Å². The Labute approximate surface area is 210 Å². The van der Waals surface area contributed by atoms with Crippen molar-refractivity contribution in [2.45, 2.75) is 4.90 Å². The molecule has 5 rings (SSSR count). The first kappa shape index (κ1) is 24.0. The van der Waals surface area contributed by atoms with Gasteiger partial charge in [-0.3, -0.25) is 4.72 Å². The molecule has 5 aromatic rings. The summed E-state index contributed by atoms with van der Waals surface area (Å²) in [5.74, 6) is -1.94. The van der Waals surface area contributed by atoms with Crippen LogP contribution >= 0.6 is 0 Å².